The molecular weight excluding hydrogens is 190 g/mol. The second-order valence-corrected chi connectivity index (χ2v) is 4.25. The third-order valence-corrected chi connectivity index (χ3v) is 2.54. The molecule has 1 aromatic rings. The van der Waals surface area contributed by atoms with Crippen molar-refractivity contribution in [2.45, 2.75) is 25.4 Å². The summed E-state index contributed by atoms with van der Waals surface area (Å²) in [4.78, 5) is 16.3. The van der Waals surface area contributed by atoms with E-state index in [1.165, 1.54) is 12.8 Å². The fraction of sp³-hybridized carbons (Fsp3) is 0.545. The van der Waals surface area contributed by atoms with Crippen LogP contribution in [0.1, 0.15) is 29.0 Å². The SMILES string of the molecule is CN(C)C(=O)c1ccc(CNC2CC2)[nH]1. The molecule has 0 unspecified atom stereocenters. The molecule has 0 saturated heterocycles. The predicted octanol–water partition coefficient (Wildman–Crippen LogP) is 0.969. The summed E-state index contributed by atoms with van der Waals surface area (Å²) in [5, 5.41) is 3.40. The first-order chi connectivity index (χ1) is 7.16. The molecular formula is C11H17N3O. The fourth-order valence-electron chi connectivity index (χ4n) is 1.45. The maximum Gasteiger partial charge on any atom is 0.269 e. The molecule has 1 heterocycles. The van der Waals surface area contributed by atoms with E-state index in [0.29, 0.717) is 11.7 Å². The number of hydrogen-bond acceptors (Lipinski definition) is 2. The molecule has 0 atom stereocenters. The average Bonchev–Trinajstić information content (AvgIpc) is 2.92. The number of amides is 1. The van der Waals surface area contributed by atoms with E-state index >= 15 is 0 Å². The molecule has 0 bridgehead atoms. The third kappa shape index (κ3) is 2.59. The molecule has 1 aromatic heterocycles. The molecule has 4 heteroatoms. The van der Waals surface area contributed by atoms with E-state index in [2.05, 4.69) is 10.3 Å². The van der Waals surface area contributed by atoms with Gasteiger partial charge in [0.2, 0.25) is 0 Å². The number of nitrogens with one attached hydrogen (secondary N) is 2. The van der Waals surface area contributed by atoms with Crippen LogP contribution in [0.25, 0.3) is 0 Å². The smallest absolute Gasteiger partial charge is 0.269 e. The van der Waals surface area contributed by atoms with E-state index in [4.69, 9.17) is 0 Å². The first kappa shape index (κ1) is 10.2. The Hall–Kier alpha value is -1.29. The quantitative estimate of drug-likeness (QED) is 0.773. The molecule has 1 saturated carbocycles. The highest BCUT2D eigenvalue weighted by Crippen LogP contribution is 2.19. The first-order valence-corrected chi connectivity index (χ1v) is 5.30. The minimum absolute atomic E-state index is 0.0210. The molecule has 15 heavy (non-hydrogen) atoms. The highest BCUT2D eigenvalue weighted by molar-refractivity contribution is 5.92. The molecule has 1 fully saturated rings. The van der Waals surface area contributed by atoms with Crippen LogP contribution in [0.5, 0.6) is 0 Å². The second kappa shape index (κ2) is 4.06. The number of rotatable bonds is 4. The summed E-state index contributed by atoms with van der Waals surface area (Å²) in [6.45, 7) is 0.825. The second-order valence-electron chi connectivity index (χ2n) is 4.25. The summed E-state index contributed by atoms with van der Waals surface area (Å²) in [7, 11) is 3.51. The van der Waals surface area contributed by atoms with E-state index in [1.807, 2.05) is 12.1 Å². The van der Waals surface area contributed by atoms with Crippen LogP contribution in [0.3, 0.4) is 0 Å². The van der Waals surface area contributed by atoms with Gasteiger partial charge in [0.25, 0.3) is 5.91 Å². The average molecular weight is 207 g/mol. The summed E-state index contributed by atoms with van der Waals surface area (Å²) >= 11 is 0. The van der Waals surface area contributed by atoms with E-state index < -0.39 is 0 Å². The Bertz CT molecular complexity index is 352. The Kier molecular flexibility index (Phi) is 2.77. The van der Waals surface area contributed by atoms with Crippen molar-refractivity contribution < 1.29 is 4.79 Å². The van der Waals surface area contributed by atoms with Gasteiger partial charge in [-0.1, -0.05) is 0 Å². The molecule has 2 rings (SSSR count). The highest BCUT2D eigenvalue weighted by Gasteiger charge is 2.20. The van der Waals surface area contributed by atoms with Crippen molar-refractivity contribution in [1.82, 2.24) is 15.2 Å². The van der Waals surface area contributed by atoms with Gasteiger partial charge in [0, 0.05) is 32.4 Å². The van der Waals surface area contributed by atoms with Crippen LogP contribution in [0.15, 0.2) is 12.1 Å². The number of nitrogens with zero attached hydrogens (tertiary/aromatic N) is 1. The topological polar surface area (TPSA) is 48.1 Å². The van der Waals surface area contributed by atoms with Gasteiger partial charge < -0.3 is 15.2 Å². The van der Waals surface area contributed by atoms with Gasteiger partial charge in [-0.25, -0.2) is 0 Å². The minimum atomic E-state index is 0.0210. The van der Waals surface area contributed by atoms with Gasteiger partial charge in [-0.2, -0.15) is 0 Å². The lowest BCUT2D eigenvalue weighted by molar-refractivity contribution is 0.0822. The number of carbonyl (C=O) groups is 1. The van der Waals surface area contributed by atoms with Gasteiger partial charge in [-0.3, -0.25) is 4.79 Å². The van der Waals surface area contributed by atoms with E-state index in [1.54, 1.807) is 19.0 Å². The number of aromatic nitrogens is 1. The summed E-state index contributed by atoms with van der Waals surface area (Å²) in [5.74, 6) is 0.0210. The Labute approximate surface area is 89.7 Å². The zero-order valence-electron chi connectivity index (χ0n) is 9.21. The van der Waals surface area contributed by atoms with Crippen LogP contribution in [0.2, 0.25) is 0 Å². The number of aromatic amines is 1. The summed E-state index contributed by atoms with van der Waals surface area (Å²) in [6.07, 6.45) is 2.56. The number of carbonyl (C=O) groups excluding carboxylic acids is 1. The molecule has 0 aromatic carbocycles. The van der Waals surface area contributed by atoms with Crippen molar-refractivity contribution in [3.05, 3.63) is 23.5 Å². The fourth-order valence-corrected chi connectivity index (χ4v) is 1.45. The van der Waals surface area contributed by atoms with Crippen molar-refractivity contribution in [2.24, 2.45) is 0 Å². The van der Waals surface area contributed by atoms with Gasteiger partial charge in [-0.05, 0) is 25.0 Å². The molecule has 82 valence electrons. The molecule has 1 amide bonds. The van der Waals surface area contributed by atoms with Gasteiger partial charge >= 0.3 is 0 Å². The predicted molar refractivity (Wildman–Crippen MR) is 58.7 cm³/mol. The standard InChI is InChI=1S/C11H17N3O/c1-14(2)11(15)10-6-5-9(13-10)7-12-8-3-4-8/h5-6,8,12-13H,3-4,7H2,1-2H3. The van der Waals surface area contributed by atoms with Crippen molar-refractivity contribution in [3.8, 4) is 0 Å². The van der Waals surface area contributed by atoms with E-state index in [0.717, 1.165) is 12.2 Å². The summed E-state index contributed by atoms with van der Waals surface area (Å²) in [6, 6.07) is 4.50. The van der Waals surface area contributed by atoms with Gasteiger partial charge in [0.1, 0.15) is 5.69 Å². The van der Waals surface area contributed by atoms with Crippen LogP contribution in [-0.4, -0.2) is 35.9 Å². The lowest BCUT2D eigenvalue weighted by Crippen LogP contribution is -2.22. The lowest BCUT2D eigenvalue weighted by Gasteiger charge is -2.07. The third-order valence-electron chi connectivity index (χ3n) is 2.54. The van der Waals surface area contributed by atoms with Crippen LogP contribution < -0.4 is 5.32 Å². The largest absolute Gasteiger partial charge is 0.353 e. The van der Waals surface area contributed by atoms with Crippen molar-refractivity contribution >= 4 is 5.91 Å². The molecule has 2 N–H and O–H groups in total. The van der Waals surface area contributed by atoms with Crippen molar-refractivity contribution in [3.63, 3.8) is 0 Å². The summed E-state index contributed by atoms with van der Waals surface area (Å²) in [5.41, 5.74) is 1.74. The minimum Gasteiger partial charge on any atom is -0.353 e. The molecule has 1 aliphatic rings. The lowest BCUT2D eigenvalue weighted by atomic mass is 10.4. The maximum absolute atomic E-state index is 11.6. The molecule has 0 radical (unpaired) electrons. The molecule has 0 spiro atoms. The van der Waals surface area contributed by atoms with E-state index in [9.17, 15) is 4.79 Å². The molecule has 0 aliphatic heterocycles. The first-order valence-electron chi connectivity index (χ1n) is 5.30. The Morgan fingerprint density at radius 2 is 2.27 bits per heavy atom. The normalized spacial score (nSPS) is 15.3. The van der Waals surface area contributed by atoms with E-state index in [-0.39, 0.29) is 5.91 Å². The van der Waals surface area contributed by atoms with Crippen LogP contribution in [0, 0.1) is 0 Å². The van der Waals surface area contributed by atoms with Crippen LogP contribution in [-0.2, 0) is 6.54 Å². The van der Waals surface area contributed by atoms with Gasteiger partial charge in [0.05, 0.1) is 0 Å². The summed E-state index contributed by atoms with van der Waals surface area (Å²) < 4.78 is 0. The number of H-pyrrole nitrogens is 1. The zero-order valence-corrected chi connectivity index (χ0v) is 9.21. The van der Waals surface area contributed by atoms with Gasteiger partial charge in [0.15, 0.2) is 0 Å². The monoisotopic (exact) mass is 207 g/mol. The zero-order chi connectivity index (χ0) is 10.8. The molecule has 1 aliphatic carbocycles. The van der Waals surface area contributed by atoms with Gasteiger partial charge in [-0.15, -0.1) is 0 Å². The van der Waals surface area contributed by atoms with Crippen molar-refractivity contribution in [2.75, 3.05) is 14.1 Å². The molecule has 4 nitrogen and oxygen atoms in total. The number of hydrogen-bond donors (Lipinski definition) is 2. The Morgan fingerprint density at radius 3 is 2.87 bits per heavy atom. The Balaban J connectivity index is 1.93. The Morgan fingerprint density at radius 1 is 1.53 bits per heavy atom. The highest BCUT2D eigenvalue weighted by atomic mass is 16.2. The van der Waals surface area contributed by atoms with Crippen LogP contribution in [0.4, 0.5) is 0 Å². The van der Waals surface area contributed by atoms with Crippen LogP contribution >= 0.6 is 0 Å². The van der Waals surface area contributed by atoms with Crippen molar-refractivity contribution in [1.29, 1.82) is 0 Å². The maximum atomic E-state index is 11.6.